The van der Waals surface area contributed by atoms with Crippen molar-refractivity contribution in [2.75, 3.05) is 0 Å². The Hall–Kier alpha value is -2.78. The van der Waals surface area contributed by atoms with E-state index in [1.165, 1.54) is 12.1 Å². The van der Waals surface area contributed by atoms with Crippen LogP contribution in [0.5, 0.6) is 11.6 Å². The fourth-order valence-corrected chi connectivity index (χ4v) is 1.59. The Morgan fingerprint density at radius 3 is 2.67 bits per heavy atom. The molecule has 0 aliphatic heterocycles. The third-order valence-corrected chi connectivity index (χ3v) is 2.51. The summed E-state index contributed by atoms with van der Waals surface area (Å²) in [4.78, 5) is 0. The van der Waals surface area contributed by atoms with Gasteiger partial charge in [0.1, 0.15) is 11.6 Å². The van der Waals surface area contributed by atoms with E-state index in [9.17, 15) is 17.6 Å². The highest BCUT2D eigenvalue weighted by molar-refractivity contribution is 5.37. The first-order valence-corrected chi connectivity index (χ1v) is 5.53. The second-order valence-corrected chi connectivity index (χ2v) is 3.94. The first-order chi connectivity index (χ1) is 9.93. The maximum Gasteiger partial charge on any atom is 0.419 e. The topological polar surface area (TPSA) is 65.2 Å². The molecule has 0 atom stereocenters. The highest BCUT2D eigenvalue weighted by Crippen LogP contribution is 2.34. The number of halogens is 4. The summed E-state index contributed by atoms with van der Waals surface area (Å²) in [7, 11) is 0. The number of aromatic nitrogens is 5. The van der Waals surface area contributed by atoms with Crippen LogP contribution in [0, 0.1) is 5.82 Å². The third kappa shape index (κ3) is 2.59. The number of rotatable bonds is 2. The summed E-state index contributed by atoms with van der Waals surface area (Å²) >= 11 is 0. The van der Waals surface area contributed by atoms with Crippen molar-refractivity contribution in [3.8, 4) is 11.6 Å². The van der Waals surface area contributed by atoms with Crippen molar-refractivity contribution in [3.05, 3.63) is 41.7 Å². The lowest BCUT2D eigenvalue weighted by Crippen LogP contribution is -2.08. The first-order valence-electron chi connectivity index (χ1n) is 5.53. The van der Waals surface area contributed by atoms with E-state index < -0.39 is 17.6 Å². The minimum Gasteiger partial charge on any atom is -0.438 e. The molecule has 0 amide bonds. The minimum atomic E-state index is -4.81. The molecule has 0 fully saturated rings. The van der Waals surface area contributed by atoms with Gasteiger partial charge in [0.2, 0.25) is 5.88 Å². The van der Waals surface area contributed by atoms with Crippen LogP contribution in [0.3, 0.4) is 0 Å². The van der Waals surface area contributed by atoms with Gasteiger partial charge in [0.15, 0.2) is 5.65 Å². The van der Waals surface area contributed by atoms with E-state index in [1.54, 1.807) is 0 Å². The van der Waals surface area contributed by atoms with Gasteiger partial charge in [-0.15, -0.1) is 14.8 Å². The molecule has 3 aromatic rings. The van der Waals surface area contributed by atoms with E-state index in [-0.39, 0.29) is 11.6 Å². The van der Waals surface area contributed by atoms with Gasteiger partial charge in [0.25, 0.3) is 0 Å². The van der Waals surface area contributed by atoms with Crippen molar-refractivity contribution in [1.82, 2.24) is 25.3 Å². The molecule has 0 N–H and O–H groups in total. The van der Waals surface area contributed by atoms with E-state index in [0.29, 0.717) is 17.8 Å². The zero-order valence-corrected chi connectivity index (χ0v) is 10.0. The molecule has 3 rings (SSSR count). The maximum atomic E-state index is 13.1. The molecular weight excluding hydrogens is 294 g/mol. The molecule has 21 heavy (non-hydrogen) atoms. The lowest BCUT2D eigenvalue weighted by Gasteiger charge is -2.10. The standard InChI is InChI=1S/C11H5F4N5O/c12-8-2-1-6(5-7(8)11(13,14)15)21-10-4-3-9-16-18-19-20(9)17-10/h1-5H. The molecule has 1 aromatic carbocycles. The van der Waals surface area contributed by atoms with Gasteiger partial charge >= 0.3 is 6.18 Å². The van der Waals surface area contributed by atoms with Crippen LogP contribution in [-0.2, 0) is 6.18 Å². The zero-order valence-electron chi connectivity index (χ0n) is 10.0. The van der Waals surface area contributed by atoms with E-state index >= 15 is 0 Å². The smallest absolute Gasteiger partial charge is 0.419 e. The van der Waals surface area contributed by atoms with Crippen LogP contribution < -0.4 is 4.74 Å². The molecule has 6 nitrogen and oxygen atoms in total. The predicted octanol–water partition coefficient (Wildman–Crippen LogP) is 2.47. The van der Waals surface area contributed by atoms with Crippen LogP contribution in [0.1, 0.15) is 5.56 Å². The van der Waals surface area contributed by atoms with Gasteiger partial charge in [0, 0.05) is 6.07 Å². The Morgan fingerprint density at radius 2 is 1.90 bits per heavy atom. The van der Waals surface area contributed by atoms with Gasteiger partial charge in [0.05, 0.1) is 5.56 Å². The molecule has 0 saturated heterocycles. The monoisotopic (exact) mass is 299 g/mol. The number of nitrogens with zero attached hydrogens (tertiary/aromatic N) is 5. The zero-order chi connectivity index (χ0) is 15.0. The summed E-state index contributed by atoms with van der Waals surface area (Å²) in [5, 5.41) is 14.3. The number of ether oxygens (including phenoxy) is 1. The van der Waals surface area contributed by atoms with Crippen LogP contribution in [-0.4, -0.2) is 25.3 Å². The van der Waals surface area contributed by atoms with Crippen LogP contribution in [0.25, 0.3) is 5.65 Å². The minimum absolute atomic E-state index is 0.0328. The van der Waals surface area contributed by atoms with Crippen LogP contribution in [0.4, 0.5) is 17.6 Å². The average Bonchev–Trinajstić information content (AvgIpc) is 2.87. The Bertz CT molecular complexity index is 801. The number of alkyl halides is 3. The lowest BCUT2D eigenvalue weighted by molar-refractivity contribution is -0.140. The van der Waals surface area contributed by atoms with Gasteiger partial charge < -0.3 is 4.74 Å². The highest BCUT2D eigenvalue weighted by atomic mass is 19.4. The molecule has 0 unspecified atom stereocenters. The SMILES string of the molecule is Fc1ccc(Oc2ccc3nnnn3n2)cc1C(F)(F)F. The summed E-state index contributed by atoms with van der Waals surface area (Å²) in [6, 6.07) is 5.14. The van der Waals surface area contributed by atoms with Crippen molar-refractivity contribution in [2.45, 2.75) is 6.18 Å². The van der Waals surface area contributed by atoms with E-state index in [2.05, 4.69) is 20.6 Å². The van der Waals surface area contributed by atoms with Crippen molar-refractivity contribution in [2.24, 2.45) is 0 Å². The molecule has 108 valence electrons. The van der Waals surface area contributed by atoms with Crippen molar-refractivity contribution in [3.63, 3.8) is 0 Å². The second kappa shape index (κ2) is 4.65. The molecular formula is C11H5F4N5O. The Kier molecular flexibility index (Phi) is 2.92. The maximum absolute atomic E-state index is 13.1. The van der Waals surface area contributed by atoms with Gasteiger partial charge in [-0.2, -0.15) is 13.2 Å². The Morgan fingerprint density at radius 1 is 1.10 bits per heavy atom. The third-order valence-electron chi connectivity index (χ3n) is 2.51. The number of hydrogen-bond donors (Lipinski definition) is 0. The van der Waals surface area contributed by atoms with Gasteiger partial charge in [-0.05, 0) is 34.7 Å². The molecule has 0 aliphatic carbocycles. The van der Waals surface area contributed by atoms with E-state index in [0.717, 1.165) is 10.7 Å². The fourth-order valence-electron chi connectivity index (χ4n) is 1.59. The van der Waals surface area contributed by atoms with Crippen LogP contribution >= 0.6 is 0 Å². The summed E-state index contributed by atoms with van der Waals surface area (Å²) < 4.78 is 57.1. The second-order valence-electron chi connectivity index (χ2n) is 3.94. The number of benzene rings is 1. The summed E-state index contributed by atoms with van der Waals surface area (Å²) in [5.41, 5.74) is -1.07. The lowest BCUT2D eigenvalue weighted by atomic mass is 10.2. The van der Waals surface area contributed by atoms with Crippen molar-refractivity contribution in [1.29, 1.82) is 0 Å². The Labute approximate surface area is 113 Å². The van der Waals surface area contributed by atoms with Crippen LogP contribution in [0.2, 0.25) is 0 Å². The molecule has 2 heterocycles. The van der Waals surface area contributed by atoms with Gasteiger partial charge in [-0.1, -0.05) is 0 Å². The first kappa shape index (κ1) is 13.2. The van der Waals surface area contributed by atoms with E-state index in [1.807, 2.05) is 0 Å². The van der Waals surface area contributed by atoms with Gasteiger partial charge in [-0.3, -0.25) is 0 Å². The van der Waals surface area contributed by atoms with E-state index in [4.69, 9.17) is 4.74 Å². The van der Waals surface area contributed by atoms with Gasteiger partial charge in [-0.25, -0.2) is 4.39 Å². The van der Waals surface area contributed by atoms with Crippen molar-refractivity contribution >= 4 is 5.65 Å². The number of hydrogen-bond acceptors (Lipinski definition) is 5. The molecule has 0 saturated carbocycles. The predicted molar refractivity (Wildman–Crippen MR) is 60.1 cm³/mol. The highest BCUT2D eigenvalue weighted by Gasteiger charge is 2.34. The number of tetrazole rings is 1. The quantitative estimate of drug-likeness (QED) is 0.680. The molecule has 0 aliphatic rings. The summed E-state index contributed by atoms with van der Waals surface area (Å²) in [6.07, 6.45) is -4.81. The van der Waals surface area contributed by atoms with Crippen molar-refractivity contribution < 1.29 is 22.3 Å². The molecule has 0 bridgehead atoms. The molecule has 0 spiro atoms. The largest absolute Gasteiger partial charge is 0.438 e. The average molecular weight is 299 g/mol. The fraction of sp³-hybridized carbons (Fsp3) is 0.0909. The molecule has 10 heteroatoms. The summed E-state index contributed by atoms with van der Waals surface area (Å²) in [6.45, 7) is 0. The normalized spacial score (nSPS) is 11.8. The van der Waals surface area contributed by atoms with Crippen LogP contribution in [0.15, 0.2) is 30.3 Å². The molecule has 2 aromatic heterocycles. The number of fused-ring (bicyclic) bond motifs is 1. The Balaban J connectivity index is 1.94. The summed E-state index contributed by atoms with van der Waals surface area (Å²) in [5.74, 6) is -1.61. The molecule has 0 radical (unpaired) electrons.